The van der Waals surface area contributed by atoms with E-state index in [1.54, 1.807) is 31.2 Å². The molecular formula is C15H15ClN2O3. The lowest BCUT2D eigenvalue weighted by molar-refractivity contribution is -0.384. The van der Waals surface area contributed by atoms with E-state index >= 15 is 0 Å². The maximum absolute atomic E-state index is 11.2. The standard InChI is InChI=1S/C15H15ClN2O3/c1-2-21-14-8-4-7-13(15(14)18(19)20)17-10-11-5-3-6-12(16)9-11/h3-9,17H,2,10H2,1H3. The Bertz CT molecular complexity index is 647. The first-order valence-corrected chi connectivity index (χ1v) is 6.88. The molecule has 0 aromatic heterocycles. The molecule has 1 N–H and O–H groups in total. The summed E-state index contributed by atoms with van der Waals surface area (Å²) in [4.78, 5) is 10.8. The summed E-state index contributed by atoms with van der Waals surface area (Å²) in [5, 5.41) is 14.9. The summed E-state index contributed by atoms with van der Waals surface area (Å²) >= 11 is 5.92. The van der Waals surface area contributed by atoms with Crippen LogP contribution in [-0.2, 0) is 6.54 Å². The van der Waals surface area contributed by atoms with E-state index in [1.165, 1.54) is 0 Å². The zero-order chi connectivity index (χ0) is 15.2. The van der Waals surface area contributed by atoms with Crippen LogP contribution in [0.3, 0.4) is 0 Å². The molecule has 0 aliphatic rings. The van der Waals surface area contributed by atoms with Crippen LogP contribution in [0.4, 0.5) is 11.4 Å². The van der Waals surface area contributed by atoms with Gasteiger partial charge >= 0.3 is 5.69 Å². The lowest BCUT2D eigenvalue weighted by atomic mass is 10.2. The minimum atomic E-state index is -0.439. The van der Waals surface area contributed by atoms with E-state index in [4.69, 9.17) is 16.3 Å². The predicted octanol–water partition coefficient (Wildman–Crippen LogP) is 4.26. The zero-order valence-electron chi connectivity index (χ0n) is 11.5. The Morgan fingerprint density at radius 3 is 2.71 bits per heavy atom. The molecule has 0 saturated heterocycles. The Morgan fingerprint density at radius 2 is 2.05 bits per heavy atom. The SMILES string of the molecule is CCOc1cccc(NCc2cccc(Cl)c2)c1[N+](=O)[O-]. The zero-order valence-corrected chi connectivity index (χ0v) is 12.3. The average molecular weight is 307 g/mol. The van der Waals surface area contributed by atoms with Crippen molar-refractivity contribution in [1.82, 2.24) is 0 Å². The third kappa shape index (κ3) is 3.86. The number of nitro groups is 1. The van der Waals surface area contributed by atoms with Crippen LogP contribution in [0.2, 0.25) is 5.02 Å². The Kier molecular flexibility index (Phi) is 5.00. The van der Waals surface area contributed by atoms with E-state index in [0.717, 1.165) is 5.56 Å². The molecule has 2 aromatic rings. The van der Waals surface area contributed by atoms with Gasteiger partial charge in [0.1, 0.15) is 5.69 Å². The molecule has 2 rings (SSSR count). The minimum Gasteiger partial charge on any atom is -0.487 e. The Labute approximate surface area is 127 Å². The molecule has 0 saturated carbocycles. The van der Waals surface area contributed by atoms with E-state index < -0.39 is 4.92 Å². The number of ether oxygens (including phenoxy) is 1. The van der Waals surface area contributed by atoms with Gasteiger partial charge in [0.2, 0.25) is 0 Å². The van der Waals surface area contributed by atoms with Gasteiger partial charge in [0.15, 0.2) is 5.75 Å². The Hall–Kier alpha value is -2.27. The average Bonchev–Trinajstić information content (AvgIpc) is 2.45. The summed E-state index contributed by atoms with van der Waals surface area (Å²) in [6, 6.07) is 12.3. The molecule has 0 radical (unpaired) electrons. The molecule has 6 heteroatoms. The van der Waals surface area contributed by atoms with Gasteiger partial charge in [-0.15, -0.1) is 0 Å². The van der Waals surface area contributed by atoms with Gasteiger partial charge < -0.3 is 10.1 Å². The van der Waals surface area contributed by atoms with Crippen molar-refractivity contribution in [3.63, 3.8) is 0 Å². The number of halogens is 1. The topological polar surface area (TPSA) is 64.4 Å². The molecule has 0 bridgehead atoms. The lowest BCUT2D eigenvalue weighted by Crippen LogP contribution is -2.05. The van der Waals surface area contributed by atoms with Crippen molar-refractivity contribution in [2.45, 2.75) is 13.5 Å². The summed E-state index contributed by atoms with van der Waals surface area (Å²) in [6.45, 7) is 2.60. The first-order chi connectivity index (χ1) is 10.1. The predicted molar refractivity (Wildman–Crippen MR) is 83.0 cm³/mol. The van der Waals surface area contributed by atoms with Crippen molar-refractivity contribution in [3.05, 3.63) is 63.2 Å². The molecule has 0 heterocycles. The van der Waals surface area contributed by atoms with E-state index in [0.29, 0.717) is 23.9 Å². The Balaban J connectivity index is 2.23. The summed E-state index contributed by atoms with van der Waals surface area (Å²) in [6.07, 6.45) is 0. The van der Waals surface area contributed by atoms with Gasteiger partial charge in [0.25, 0.3) is 0 Å². The van der Waals surface area contributed by atoms with Crippen LogP contribution in [0.15, 0.2) is 42.5 Å². The van der Waals surface area contributed by atoms with Crippen LogP contribution < -0.4 is 10.1 Å². The number of nitrogens with zero attached hydrogens (tertiary/aromatic N) is 1. The second kappa shape index (κ2) is 6.95. The summed E-state index contributed by atoms with van der Waals surface area (Å²) < 4.78 is 5.31. The largest absolute Gasteiger partial charge is 0.487 e. The minimum absolute atomic E-state index is 0.0543. The van der Waals surface area contributed by atoms with Crippen molar-refractivity contribution in [1.29, 1.82) is 0 Å². The van der Waals surface area contributed by atoms with Gasteiger partial charge in [-0.05, 0) is 36.8 Å². The number of para-hydroxylation sites is 1. The molecule has 0 fully saturated rings. The van der Waals surface area contributed by atoms with Crippen molar-refractivity contribution in [3.8, 4) is 5.75 Å². The fourth-order valence-corrected chi connectivity index (χ4v) is 2.18. The highest BCUT2D eigenvalue weighted by molar-refractivity contribution is 6.30. The van der Waals surface area contributed by atoms with Gasteiger partial charge in [-0.25, -0.2) is 0 Å². The number of rotatable bonds is 6. The number of nitrogens with one attached hydrogen (secondary N) is 1. The van der Waals surface area contributed by atoms with Crippen molar-refractivity contribution < 1.29 is 9.66 Å². The third-order valence-electron chi connectivity index (χ3n) is 2.85. The molecule has 5 nitrogen and oxygen atoms in total. The number of nitro benzene ring substituents is 1. The van der Waals surface area contributed by atoms with Crippen LogP contribution in [0, 0.1) is 10.1 Å². The summed E-state index contributed by atoms with van der Waals surface area (Å²) in [5.41, 5.74) is 1.31. The van der Waals surface area contributed by atoms with Gasteiger partial charge in [-0.3, -0.25) is 10.1 Å². The van der Waals surface area contributed by atoms with Gasteiger partial charge in [-0.1, -0.05) is 29.8 Å². The van der Waals surface area contributed by atoms with Crippen LogP contribution >= 0.6 is 11.6 Å². The van der Waals surface area contributed by atoms with Crippen LogP contribution in [-0.4, -0.2) is 11.5 Å². The van der Waals surface area contributed by atoms with Crippen LogP contribution in [0.1, 0.15) is 12.5 Å². The van der Waals surface area contributed by atoms with Crippen molar-refractivity contribution in [2.75, 3.05) is 11.9 Å². The maximum Gasteiger partial charge on any atom is 0.333 e. The molecule has 0 amide bonds. The second-order valence-corrected chi connectivity index (χ2v) is 4.76. The summed E-state index contributed by atoms with van der Waals surface area (Å²) in [5.74, 6) is 0.263. The Morgan fingerprint density at radius 1 is 1.29 bits per heavy atom. The number of hydrogen-bond donors (Lipinski definition) is 1. The third-order valence-corrected chi connectivity index (χ3v) is 3.09. The fraction of sp³-hybridized carbons (Fsp3) is 0.200. The molecule has 21 heavy (non-hydrogen) atoms. The highest BCUT2D eigenvalue weighted by Crippen LogP contribution is 2.35. The van der Waals surface area contributed by atoms with E-state index in [1.807, 2.05) is 18.2 Å². The van der Waals surface area contributed by atoms with Crippen molar-refractivity contribution in [2.24, 2.45) is 0 Å². The number of anilines is 1. The molecule has 0 aliphatic carbocycles. The second-order valence-electron chi connectivity index (χ2n) is 4.33. The molecular weight excluding hydrogens is 292 g/mol. The van der Waals surface area contributed by atoms with Crippen molar-refractivity contribution >= 4 is 23.0 Å². The monoisotopic (exact) mass is 306 g/mol. The molecule has 0 aliphatic heterocycles. The maximum atomic E-state index is 11.2. The van der Waals surface area contributed by atoms with E-state index in [9.17, 15) is 10.1 Å². The fourth-order valence-electron chi connectivity index (χ4n) is 1.97. The number of benzene rings is 2. The van der Waals surface area contributed by atoms with Gasteiger partial charge in [0, 0.05) is 11.6 Å². The number of hydrogen-bond acceptors (Lipinski definition) is 4. The molecule has 0 atom stereocenters. The van der Waals surface area contributed by atoms with Crippen LogP contribution in [0.5, 0.6) is 5.75 Å². The van der Waals surface area contributed by atoms with Crippen LogP contribution in [0.25, 0.3) is 0 Å². The first-order valence-electron chi connectivity index (χ1n) is 6.50. The molecule has 0 spiro atoms. The molecule has 110 valence electrons. The van der Waals surface area contributed by atoms with Gasteiger partial charge in [0.05, 0.1) is 11.5 Å². The lowest BCUT2D eigenvalue weighted by Gasteiger charge is -2.10. The normalized spacial score (nSPS) is 10.2. The van der Waals surface area contributed by atoms with E-state index in [2.05, 4.69) is 5.32 Å². The van der Waals surface area contributed by atoms with Gasteiger partial charge in [-0.2, -0.15) is 0 Å². The summed E-state index contributed by atoms with van der Waals surface area (Å²) in [7, 11) is 0. The quantitative estimate of drug-likeness (QED) is 0.640. The highest BCUT2D eigenvalue weighted by atomic mass is 35.5. The molecule has 2 aromatic carbocycles. The highest BCUT2D eigenvalue weighted by Gasteiger charge is 2.20. The first kappa shape index (κ1) is 15.1. The smallest absolute Gasteiger partial charge is 0.333 e. The van der Waals surface area contributed by atoms with E-state index in [-0.39, 0.29) is 11.4 Å². The molecule has 0 unspecified atom stereocenters.